The lowest BCUT2D eigenvalue weighted by Gasteiger charge is -2.21. The minimum Gasteiger partial charge on any atom is -0.462 e. The molecule has 0 saturated carbocycles. The van der Waals surface area contributed by atoms with Crippen LogP contribution in [0.1, 0.15) is 213 Å². The van der Waals surface area contributed by atoms with Crippen LogP contribution in [0, 0.1) is 0 Å². The van der Waals surface area contributed by atoms with Crippen molar-refractivity contribution in [2.24, 2.45) is 0 Å². The van der Waals surface area contributed by atoms with Gasteiger partial charge in [-0.25, -0.2) is 4.57 Å². The highest BCUT2D eigenvalue weighted by atomic mass is 31.2. The van der Waals surface area contributed by atoms with Crippen LogP contribution in [0.2, 0.25) is 0 Å². The third kappa shape index (κ3) is 42.7. The summed E-state index contributed by atoms with van der Waals surface area (Å²) < 4.78 is 39.2. The largest absolute Gasteiger partial charge is 0.472 e. The number of aliphatic hydroxyl groups is 1. The molecular weight excluding hydrogens is 808 g/mol. The molecule has 360 valence electrons. The highest BCUT2D eigenvalue weighted by molar-refractivity contribution is 7.47. The van der Waals surface area contributed by atoms with Crippen molar-refractivity contribution < 1.29 is 52.2 Å². The Balaban J connectivity index is 4.79. The molecule has 11 nitrogen and oxygen atoms in total. The second-order valence-electron chi connectivity index (χ2n) is 16.2. The zero-order valence-corrected chi connectivity index (χ0v) is 40.2. The number of carbonyl (C=O) groups is 3. The summed E-state index contributed by atoms with van der Waals surface area (Å²) in [6.45, 7) is 4.42. The van der Waals surface area contributed by atoms with E-state index in [-0.39, 0.29) is 25.9 Å². The number of hydrogen-bond donors (Lipinski definition) is 2. The van der Waals surface area contributed by atoms with Crippen LogP contribution in [0.5, 0.6) is 0 Å². The lowest BCUT2D eigenvalue weighted by molar-refractivity contribution is -0.161. The van der Waals surface area contributed by atoms with Crippen LogP contribution in [-0.4, -0.2) is 66.5 Å². The molecule has 0 heterocycles. The van der Waals surface area contributed by atoms with Gasteiger partial charge in [-0.15, -0.1) is 0 Å². The average Bonchev–Trinajstić information content (AvgIpc) is 3.25. The van der Waals surface area contributed by atoms with Gasteiger partial charge in [-0.2, -0.15) is 0 Å². The van der Waals surface area contributed by atoms with E-state index in [0.717, 1.165) is 96.3 Å². The Hall–Kier alpha value is -2.56. The molecule has 0 aromatic heterocycles. The van der Waals surface area contributed by atoms with Gasteiger partial charge in [0.25, 0.3) is 0 Å². The van der Waals surface area contributed by atoms with Crippen LogP contribution >= 0.6 is 7.82 Å². The fourth-order valence-electron chi connectivity index (χ4n) is 6.47. The summed E-state index contributed by atoms with van der Waals surface area (Å²) in [6, 6.07) is 0. The van der Waals surface area contributed by atoms with Gasteiger partial charge in [0, 0.05) is 19.3 Å². The van der Waals surface area contributed by atoms with Crippen molar-refractivity contribution in [2.45, 2.75) is 226 Å². The predicted molar refractivity (Wildman–Crippen MR) is 252 cm³/mol. The van der Waals surface area contributed by atoms with Crippen LogP contribution in [0.3, 0.4) is 0 Å². The number of allylic oxidation sites excluding steroid dienone is 8. The summed E-state index contributed by atoms with van der Waals surface area (Å²) >= 11 is 0. The van der Waals surface area contributed by atoms with E-state index in [9.17, 15) is 28.9 Å². The summed E-state index contributed by atoms with van der Waals surface area (Å²) in [5, 5.41) is 9.74. The number of aliphatic hydroxyl groups excluding tert-OH is 1. The second kappa shape index (κ2) is 45.0. The first kappa shape index (κ1) is 59.4. The van der Waals surface area contributed by atoms with Crippen LogP contribution in [-0.2, 0) is 42.2 Å². The van der Waals surface area contributed by atoms with E-state index >= 15 is 0 Å². The van der Waals surface area contributed by atoms with Gasteiger partial charge in [0.1, 0.15) is 12.7 Å². The number of phosphoric acid groups is 1. The van der Waals surface area contributed by atoms with Crippen LogP contribution in [0.15, 0.2) is 48.6 Å². The summed E-state index contributed by atoms with van der Waals surface area (Å²) in [5.74, 6) is -1.51. The quantitative estimate of drug-likeness (QED) is 0.0197. The van der Waals surface area contributed by atoms with Gasteiger partial charge in [0.15, 0.2) is 6.10 Å². The molecule has 0 rings (SSSR count). The van der Waals surface area contributed by atoms with Gasteiger partial charge in [-0.3, -0.25) is 23.4 Å². The molecule has 0 aliphatic carbocycles. The molecule has 0 saturated heterocycles. The molecule has 12 heteroatoms. The second-order valence-corrected chi connectivity index (χ2v) is 17.7. The van der Waals surface area contributed by atoms with E-state index in [1.807, 2.05) is 0 Å². The summed E-state index contributed by atoms with van der Waals surface area (Å²) in [5.41, 5.74) is 0. The van der Waals surface area contributed by atoms with Gasteiger partial charge in [0.2, 0.25) is 0 Å². The molecule has 0 radical (unpaired) electrons. The van der Waals surface area contributed by atoms with E-state index in [1.165, 1.54) is 57.8 Å². The molecule has 2 N–H and O–H groups in total. The summed E-state index contributed by atoms with van der Waals surface area (Å²) in [4.78, 5) is 48.1. The minimum atomic E-state index is -4.74. The van der Waals surface area contributed by atoms with E-state index < -0.39 is 57.8 Å². The Morgan fingerprint density at radius 3 is 1.37 bits per heavy atom. The van der Waals surface area contributed by atoms with Crippen LogP contribution in [0.25, 0.3) is 0 Å². The van der Waals surface area contributed by atoms with Crippen LogP contribution < -0.4 is 0 Å². The zero-order chi connectivity index (χ0) is 45.6. The van der Waals surface area contributed by atoms with Gasteiger partial charge in [-0.1, -0.05) is 172 Å². The third-order valence-corrected chi connectivity index (χ3v) is 11.2. The fourth-order valence-corrected chi connectivity index (χ4v) is 7.25. The summed E-state index contributed by atoms with van der Waals surface area (Å²) in [6.07, 6.45) is 43.8. The lowest BCUT2D eigenvalue weighted by atomic mass is 10.1. The first-order valence-electron chi connectivity index (χ1n) is 24.5. The maximum atomic E-state index is 12.8. The first-order valence-corrected chi connectivity index (χ1v) is 26.0. The number of rotatable bonds is 45. The lowest BCUT2D eigenvalue weighted by Crippen LogP contribution is -2.30. The van der Waals surface area contributed by atoms with Crippen molar-refractivity contribution in [2.75, 3.05) is 26.4 Å². The highest BCUT2D eigenvalue weighted by Crippen LogP contribution is 2.43. The number of esters is 3. The smallest absolute Gasteiger partial charge is 0.462 e. The van der Waals surface area contributed by atoms with E-state index in [2.05, 4.69) is 69.4 Å². The Morgan fingerprint density at radius 1 is 0.468 bits per heavy atom. The molecule has 3 unspecified atom stereocenters. The van der Waals surface area contributed by atoms with Crippen molar-refractivity contribution in [3.8, 4) is 0 Å². The molecule has 3 atom stereocenters. The molecule has 0 bridgehead atoms. The van der Waals surface area contributed by atoms with Gasteiger partial charge in [0.05, 0.1) is 19.8 Å². The average molecular weight is 897 g/mol. The van der Waals surface area contributed by atoms with Crippen molar-refractivity contribution >= 4 is 25.7 Å². The molecule has 0 amide bonds. The zero-order valence-electron chi connectivity index (χ0n) is 39.3. The number of hydrogen-bond acceptors (Lipinski definition) is 10. The number of carbonyl (C=O) groups excluding carboxylic acids is 3. The first-order chi connectivity index (χ1) is 30.2. The molecular formula is C50H89O11P. The molecule has 0 spiro atoms. The van der Waals surface area contributed by atoms with Crippen LogP contribution in [0.4, 0.5) is 0 Å². The third-order valence-electron chi connectivity index (χ3n) is 10.2. The topological polar surface area (TPSA) is 155 Å². The molecule has 0 fully saturated rings. The molecule has 62 heavy (non-hydrogen) atoms. The van der Waals surface area contributed by atoms with Gasteiger partial charge in [-0.05, 0) is 70.6 Å². The molecule has 0 aromatic carbocycles. The van der Waals surface area contributed by atoms with Crippen molar-refractivity contribution in [3.63, 3.8) is 0 Å². The minimum absolute atomic E-state index is 0.132. The van der Waals surface area contributed by atoms with Gasteiger partial charge < -0.3 is 24.2 Å². The Bertz CT molecular complexity index is 1230. The number of unbranched alkanes of at least 4 members (excludes halogenated alkanes) is 20. The van der Waals surface area contributed by atoms with Gasteiger partial charge >= 0.3 is 25.7 Å². The Morgan fingerprint density at radius 2 is 0.855 bits per heavy atom. The maximum Gasteiger partial charge on any atom is 0.472 e. The van der Waals surface area contributed by atoms with Crippen molar-refractivity contribution in [1.82, 2.24) is 0 Å². The number of ether oxygens (including phenoxy) is 3. The normalized spacial score (nSPS) is 14.0. The van der Waals surface area contributed by atoms with E-state index in [0.29, 0.717) is 19.3 Å². The fraction of sp³-hybridized carbons (Fsp3) is 0.780. The highest BCUT2D eigenvalue weighted by Gasteiger charge is 2.28. The summed E-state index contributed by atoms with van der Waals surface area (Å²) in [7, 11) is -4.74. The Labute approximate surface area is 377 Å². The van der Waals surface area contributed by atoms with E-state index in [1.54, 1.807) is 0 Å². The molecule has 0 aliphatic rings. The van der Waals surface area contributed by atoms with E-state index in [4.69, 9.17) is 23.3 Å². The Kier molecular flexibility index (Phi) is 43.2. The van der Waals surface area contributed by atoms with Crippen molar-refractivity contribution in [3.05, 3.63) is 48.6 Å². The standard InChI is InChI=1S/C50H89O11P/c1-4-7-10-13-16-19-22-23-26-29-32-35-38-41-50(54)61-47(43-57-48(52)39-36-33-30-27-24-20-17-14-11-8-5-2)45-59-62(55,56)58-44-46(42-51)60-49(53)40-37-34-31-28-25-21-18-15-12-9-6-3/h7,10,14,16-17,19,23,26,46-47,51H,4-6,8-9,11-13,15,18,20-22,24-25,27-45H2,1-3H3,(H,55,56)/b10-7-,17-14-,19-16-,26-23-. The molecule has 0 aliphatic heterocycles. The molecule has 0 aromatic rings. The maximum absolute atomic E-state index is 12.8. The SMILES string of the molecule is CC/C=C\C/C=C\C/C=C\CCCCCC(=O)OC(COC(=O)CCCCCCC/C=C\CCCC)COP(=O)(O)OCC(CO)OC(=O)CCCCCCCCCCCCC. The number of phosphoric ester groups is 1. The predicted octanol–water partition coefficient (Wildman–Crippen LogP) is 13.5. The van der Waals surface area contributed by atoms with Crippen molar-refractivity contribution in [1.29, 1.82) is 0 Å². The monoisotopic (exact) mass is 897 g/mol.